The summed E-state index contributed by atoms with van der Waals surface area (Å²) in [5.41, 5.74) is 4.10. The van der Waals surface area contributed by atoms with Crippen LogP contribution in [0.1, 0.15) is 61.5 Å². The summed E-state index contributed by atoms with van der Waals surface area (Å²) < 4.78 is 2.06. The molecule has 4 rings (SSSR count). The number of carbonyl (C=O) groups excluding carboxylic acids is 2. The van der Waals surface area contributed by atoms with Crippen LogP contribution < -0.4 is 5.32 Å². The van der Waals surface area contributed by atoms with Gasteiger partial charge in [-0.05, 0) is 37.8 Å². The number of amides is 2. The molecule has 0 saturated heterocycles. The highest BCUT2D eigenvalue weighted by atomic mass is 16.4. The molecule has 1 aliphatic heterocycles. The fourth-order valence-electron chi connectivity index (χ4n) is 4.90. The van der Waals surface area contributed by atoms with Crippen molar-refractivity contribution in [2.24, 2.45) is 5.92 Å². The predicted molar refractivity (Wildman–Crippen MR) is 122 cm³/mol. The molecule has 2 atom stereocenters. The summed E-state index contributed by atoms with van der Waals surface area (Å²) >= 11 is 0. The van der Waals surface area contributed by atoms with E-state index in [1.54, 1.807) is 11.2 Å². The molecule has 1 aliphatic carbocycles. The second-order valence-electron chi connectivity index (χ2n) is 9.28. The van der Waals surface area contributed by atoms with Gasteiger partial charge in [0.1, 0.15) is 12.1 Å². The van der Waals surface area contributed by atoms with Crippen LogP contribution in [0.4, 0.5) is 0 Å². The first-order valence-corrected chi connectivity index (χ1v) is 11.8. The van der Waals surface area contributed by atoms with Crippen LogP contribution in [0, 0.1) is 12.8 Å². The van der Waals surface area contributed by atoms with Crippen molar-refractivity contribution in [2.45, 2.75) is 77.5 Å². The zero-order valence-corrected chi connectivity index (χ0v) is 19.3. The molecule has 1 saturated carbocycles. The summed E-state index contributed by atoms with van der Waals surface area (Å²) in [4.78, 5) is 44.1. The zero-order valence-electron chi connectivity index (χ0n) is 19.3. The first kappa shape index (κ1) is 23.0. The molecule has 33 heavy (non-hydrogen) atoms. The lowest BCUT2D eigenvalue weighted by molar-refractivity contribution is -0.147. The van der Waals surface area contributed by atoms with Gasteiger partial charge in [0.2, 0.25) is 11.8 Å². The maximum Gasteiger partial charge on any atom is 0.325 e. The van der Waals surface area contributed by atoms with E-state index >= 15 is 0 Å². The number of carbonyl (C=O) groups is 3. The highest BCUT2D eigenvalue weighted by Gasteiger charge is 2.40. The summed E-state index contributed by atoms with van der Waals surface area (Å²) in [6.07, 6.45) is 6.92. The van der Waals surface area contributed by atoms with Gasteiger partial charge in [0.05, 0.1) is 24.3 Å². The van der Waals surface area contributed by atoms with E-state index in [4.69, 9.17) is 0 Å². The summed E-state index contributed by atoms with van der Waals surface area (Å²) in [7, 11) is 0. The van der Waals surface area contributed by atoms with Gasteiger partial charge >= 0.3 is 5.97 Å². The number of hydrogen-bond donors (Lipinski definition) is 2. The highest BCUT2D eigenvalue weighted by Crippen LogP contribution is 2.30. The van der Waals surface area contributed by atoms with Gasteiger partial charge in [-0.15, -0.1) is 0 Å². The van der Waals surface area contributed by atoms with E-state index in [0.717, 1.165) is 43.5 Å². The third kappa shape index (κ3) is 4.94. The monoisotopic (exact) mass is 452 g/mol. The Morgan fingerprint density at radius 2 is 1.91 bits per heavy atom. The van der Waals surface area contributed by atoms with Crippen molar-refractivity contribution >= 4 is 17.8 Å². The molecular weight excluding hydrogens is 420 g/mol. The van der Waals surface area contributed by atoms with Gasteiger partial charge in [0.15, 0.2) is 0 Å². The third-order valence-corrected chi connectivity index (χ3v) is 6.99. The van der Waals surface area contributed by atoms with Gasteiger partial charge < -0.3 is 19.9 Å². The van der Waals surface area contributed by atoms with Crippen molar-refractivity contribution in [1.29, 1.82) is 0 Å². The number of benzene rings is 1. The van der Waals surface area contributed by atoms with E-state index in [9.17, 15) is 19.5 Å². The van der Waals surface area contributed by atoms with Crippen LogP contribution in [-0.4, -0.2) is 49.4 Å². The van der Waals surface area contributed by atoms with Crippen LogP contribution in [0.25, 0.3) is 0 Å². The van der Waals surface area contributed by atoms with Crippen molar-refractivity contribution in [3.05, 3.63) is 53.1 Å². The average Bonchev–Trinajstić information content (AvgIpc) is 3.21. The van der Waals surface area contributed by atoms with Crippen LogP contribution in [0.5, 0.6) is 0 Å². The number of carboxylic acid groups (broad SMARTS) is 1. The molecule has 1 aromatic carbocycles. The van der Waals surface area contributed by atoms with Gasteiger partial charge in [0.25, 0.3) is 0 Å². The standard InChI is InChI=1S/C25H32N4O4/c1-16-8-6-7-11-19(16)13-28-15-26-20-12-21(23(30)27-17(2)25(32)33)29(14-22(20)28)24(31)18-9-4-3-5-10-18/h6-8,11,15,17-18,21H,3-5,9-10,12-14H2,1-2H3,(H,27,30)(H,32,33). The van der Waals surface area contributed by atoms with Gasteiger partial charge in [-0.3, -0.25) is 14.4 Å². The number of hydrogen-bond acceptors (Lipinski definition) is 4. The largest absolute Gasteiger partial charge is 0.480 e. The Bertz CT molecular complexity index is 1040. The molecule has 8 heteroatoms. The number of aromatic nitrogens is 2. The maximum absolute atomic E-state index is 13.5. The second kappa shape index (κ2) is 9.77. The van der Waals surface area contributed by atoms with E-state index in [-0.39, 0.29) is 18.2 Å². The van der Waals surface area contributed by atoms with Crippen molar-refractivity contribution in [3.8, 4) is 0 Å². The molecule has 2 amide bonds. The molecule has 0 spiro atoms. The number of aliphatic carboxylic acids is 1. The lowest BCUT2D eigenvalue weighted by atomic mass is 9.87. The Morgan fingerprint density at radius 3 is 2.61 bits per heavy atom. The van der Waals surface area contributed by atoms with Crippen LogP contribution in [-0.2, 0) is 33.9 Å². The van der Waals surface area contributed by atoms with E-state index in [1.807, 2.05) is 12.1 Å². The first-order valence-electron chi connectivity index (χ1n) is 11.8. The second-order valence-corrected chi connectivity index (χ2v) is 9.28. The predicted octanol–water partition coefficient (Wildman–Crippen LogP) is 2.66. The minimum absolute atomic E-state index is 0.00730. The Kier molecular flexibility index (Phi) is 6.81. The smallest absolute Gasteiger partial charge is 0.325 e. The van der Waals surface area contributed by atoms with Crippen LogP contribution in [0.15, 0.2) is 30.6 Å². The highest BCUT2D eigenvalue weighted by molar-refractivity contribution is 5.91. The normalized spacial score (nSPS) is 19.6. The van der Waals surface area contributed by atoms with Gasteiger partial charge in [-0.2, -0.15) is 0 Å². The molecule has 8 nitrogen and oxygen atoms in total. The third-order valence-electron chi connectivity index (χ3n) is 6.99. The molecule has 2 aliphatic rings. The van der Waals surface area contributed by atoms with Crippen molar-refractivity contribution < 1.29 is 19.5 Å². The van der Waals surface area contributed by atoms with E-state index in [1.165, 1.54) is 18.1 Å². The summed E-state index contributed by atoms with van der Waals surface area (Å²) in [6.45, 7) is 4.45. The molecule has 2 aromatic rings. The minimum atomic E-state index is -1.10. The SMILES string of the molecule is Cc1ccccc1Cn1cnc2c1CN(C(=O)C1CCCCC1)C(C(=O)NC(C)C(=O)O)C2. The van der Waals surface area contributed by atoms with Crippen LogP contribution >= 0.6 is 0 Å². The summed E-state index contributed by atoms with van der Waals surface area (Å²) in [5, 5.41) is 11.8. The van der Waals surface area contributed by atoms with E-state index in [0.29, 0.717) is 13.1 Å². The van der Waals surface area contributed by atoms with Gasteiger partial charge in [0, 0.05) is 18.9 Å². The molecule has 1 aromatic heterocycles. The fourth-order valence-corrected chi connectivity index (χ4v) is 4.90. The Hall–Kier alpha value is -3.16. The first-order chi connectivity index (χ1) is 15.8. The molecule has 2 heterocycles. The minimum Gasteiger partial charge on any atom is -0.480 e. The molecule has 0 radical (unpaired) electrons. The Morgan fingerprint density at radius 1 is 1.18 bits per heavy atom. The lowest BCUT2D eigenvalue weighted by Gasteiger charge is -2.38. The lowest BCUT2D eigenvalue weighted by Crippen LogP contribution is -2.56. The number of imidazole rings is 1. The van der Waals surface area contributed by atoms with Crippen LogP contribution in [0.3, 0.4) is 0 Å². The van der Waals surface area contributed by atoms with Crippen molar-refractivity contribution in [1.82, 2.24) is 19.8 Å². The van der Waals surface area contributed by atoms with Gasteiger partial charge in [-0.1, -0.05) is 43.5 Å². The Labute approximate surface area is 194 Å². The topological polar surface area (TPSA) is 105 Å². The van der Waals surface area contributed by atoms with Gasteiger partial charge in [-0.25, -0.2) is 4.98 Å². The van der Waals surface area contributed by atoms with E-state index < -0.39 is 24.0 Å². The molecule has 2 unspecified atom stereocenters. The maximum atomic E-state index is 13.5. The molecule has 0 bridgehead atoms. The summed E-state index contributed by atoms with van der Waals surface area (Å²) in [5.74, 6) is -1.63. The number of fused-ring (bicyclic) bond motifs is 1. The Balaban J connectivity index is 1.62. The number of aryl methyl sites for hydroxylation is 1. The molecule has 176 valence electrons. The molecule has 1 fully saturated rings. The number of nitrogens with one attached hydrogen (secondary N) is 1. The average molecular weight is 453 g/mol. The number of carboxylic acids is 1. The van der Waals surface area contributed by atoms with Crippen molar-refractivity contribution in [2.75, 3.05) is 0 Å². The van der Waals surface area contributed by atoms with Crippen LogP contribution in [0.2, 0.25) is 0 Å². The zero-order chi connectivity index (χ0) is 23.5. The number of nitrogens with zero attached hydrogens (tertiary/aromatic N) is 3. The molecular formula is C25H32N4O4. The molecule has 2 N–H and O–H groups in total. The van der Waals surface area contributed by atoms with E-state index in [2.05, 4.69) is 33.9 Å². The fraction of sp³-hybridized carbons (Fsp3) is 0.520. The van der Waals surface area contributed by atoms with Crippen molar-refractivity contribution in [3.63, 3.8) is 0 Å². The number of rotatable bonds is 6. The summed E-state index contributed by atoms with van der Waals surface area (Å²) in [6, 6.07) is 6.39. The quantitative estimate of drug-likeness (QED) is 0.701.